The number of rotatable bonds is 76. The van der Waals surface area contributed by atoms with Gasteiger partial charge in [-0.05, 0) is 167 Å². The number of carbonyl (C=O) groups is 4. The topological polar surface area (TPSA) is 237 Å². The van der Waals surface area contributed by atoms with E-state index in [-0.39, 0.29) is 25.7 Å². The van der Waals surface area contributed by atoms with Crippen LogP contribution in [0.2, 0.25) is 0 Å². The van der Waals surface area contributed by atoms with Crippen molar-refractivity contribution in [1.82, 2.24) is 0 Å². The Bertz CT molecular complexity index is 2440. The van der Waals surface area contributed by atoms with Crippen LogP contribution in [-0.4, -0.2) is 96.7 Å². The normalized spacial score (nSPS) is 14.5. The number of allylic oxidation sites excluding steroid dienone is 20. The minimum atomic E-state index is -4.99. The van der Waals surface area contributed by atoms with E-state index in [4.69, 9.17) is 37.0 Å². The van der Waals surface area contributed by atoms with Gasteiger partial charge in [0.15, 0.2) is 12.2 Å². The molecule has 19 heteroatoms. The summed E-state index contributed by atoms with van der Waals surface area (Å²) in [6, 6.07) is 0. The molecular formula is C85H146O17P2. The van der Waals surface area contributed by atoms with Crippen LogP contribution in [0.1, 0.15) is 336 Å². The molecular weight excluding hydrogens is 1350 g/mol. The fourth-order valence-electron chi connectivity index (χ4n) is 10.6. The van der Waals surface area contributed by atoms with Crippen molar-refractivity contribution in [3.05, 3.63) is 122 Å². The monoisotopic (exact) mass is 1500 g/mol. The predicted octanol–water partition coefficient (Wildman–Crippen LogP) is 23.9. The summed E-state index contributed by atoms with van der Waals surface area (Å²) >= 11 is 0. The molecule has 5 atom stereocenters. The van der Waals surface area contributed by atoms with Crippen molar-refractivity contribution >= 4 is 39.5 Å². The number of esters is 4. The quantitative estimate of drug-likeness (QED) is 0.0169. The molecule has 0 spiro atoms. The third-order valence-electron chi connectivity index (χ3n) is 16.9. The van der Waals surface area contributed by atoms with Crippen molar-refractivity contribution in [2.24, 2.45) is 0 Å². The number of phosphoric acid groups is 2. The van der Waals surface area contributed by atoms with Gasteiger partial charge in [-0.25, -0.2) is 9.13 Å². The second-order valence-corrected chi connectivity index (χ2v) is 29.9. The predicted molar refractivity (Wildman–Crippen MR) is 427 cm³/mol. The Kier molecular flexibility index (Phi) is 73.3. The minimum absolute atomic E-state index is 0.0617. The van der Waals surface area contributed by atoms with Gasteiger partial charge in [-0.15, -0.1) is 0 Å². The van der Waals surface area contributed by atoms with Crippen LogP contribution in [0.25, 0.3) is 0 Å². The fraction of sp³-hybridized carbons (Fsp3) is 0.718. The summed E-state index contributed by atoms with van der Waals surface area (Å²) in [6.07, 6.45) is 84.5. The molecule has 0 aromatic heterocycles. The summed E-state index contributed by atoms with van der Waals surface area (Å²) in [5.41, 5.74) is 0. The highest BCUT2D eigenvalue weighted by Crippen LogP contribution is 2.45. The van der Waals surface area contributed by atoms with Crippen molar-refractivity contribution in [1.29, 1.82) is 0 Å². The van der Waals surface area contributed by atoms with Gasteiger partial charge in [0.1, 0.15) is 19.3 Å². The number of ether oxygens (including phenoxy) is 4. The second kappa shape index (κ2) is 76.6. The minimum Gasteiger partial charge on any atom is -0.462 e. The van der Waals surface area contributed by atoms with E-state index in [0.717, 1.165) is 180 Å². The molecule has 0 saturated heterocycles. The SMILES string of the molecule is CCCCC/C=C\C/C=C\C/C=C\CCCCCCC(=O)OC[C@H](COP(=O)(O)OCC(O)COP(=O)(O)OC[C@@H](COC(=O)CCCCCCC/C=C\C/C=C\CCCCC)OC(=O)CCCCCCC/C=C\C/C=C\CCCCC)OC(=O)CCCCCC/C=C\C/C=C\C/C=C\CCCCC. The molecule has 0 aliphatic carbocycles. The van der Waals surface area contributed by atoms with Gasteiger partial charge < -0.3 is 33.8 Å². The molecule has 0 heterocycles. The fourth-order valence-corrected chi connectivity index (χ4v) is 12.2. The standard InChI is InChI=1S/C85H146O17P2/c1-5-9-13-17-21-25-29-33-37-39-43-46-50-54-58-62-66-70-83(88)96-76-81(102-85(90)72-68-64-60-56-52-48-44-40-38-34-30-26-22-18-14-10-6-2)78-100-104(93,94)98-74-79(86)73-97-103(91,92)99-77-80(101-84(89)71-67-63-59-55-51-47-42-36-32-28-24-20-16-12-8-4)75-95-82(87)69-65-61-57-53-49-45-41-35-31-27-23-19-15-11-7-3/h21-28,33-38,41-44,46,48,79-81,86H,5-20,29-32,39-40,45,47,49-78H2,1-4H3,(H,91,92)(H,93,94)/b25-21-,26-22-,27-23-,28-24-,37-33-,38-34-,41-35-,42-36-,46-43-,48-44-/t79?,80-,81-/m1/s1. The van der Waals surface area contributed by atoms with Crippen LogP contribution < -0.4 is 0 Å². The molecule has 3 N–H and O–H groups in total. The molecule has 0 saturated carbocycles. The van der Waals surface area contributed by atoms with Crippen LogP contribution in [0.5, 0.6) is 0 Å². The molecule has 0 bridgehead atoms. The molecule has 598 valence electrons. The number of hydrogen-bond donors (Lipinski definition) is 3. The molecule has 0 fully saturated rings. The number of aliphatic hydroxyl groups is 1. The molecule has 0 rings (SSSR count). The number of unbranched alkanes of at least 4 members (excludes halogenated alkanes) is 30. The Morgan fingerprint density at radius 1 is 0.269 bits per heavy atom. The van der Waals surface area contributed by atoms with Crippen molar-refractivity contribution in [3.63, 3.8) is 0 Å². The third kappa shape index (κ3) is 75.7. The first-order valence-corrected chi connectivity index (χ1v) is 43.8. The average molecular weight is 1500 g/mol. The van der Waals surface area contributed by atoms with Crippen molar-refractivity contribution in [2.45, 2.75) is 354 Å². The highest BCUT2D eigenvalue weighted by Gasteiger charge is 2.30. The molecule has 0 radical (unpaired) electrons. The summed E-state index contributed by atoms with van der Waals surface area (Å²) in [4.78, 5) is 73.1. The van der Waals surface area contributed by atoms with E-state index < -0.39 is 97.5 Å². The molecule has 0 aromatic carbocycles. The zero-order chi connectivity index (χ0) is 76.0. The van der Waals surface area contributed by atoms with Crippen LogP contribution in [0.3, 0.4) is 0 Å². The maximum atomic E-state index is 13.1. The van der Waals surface area contributed by atoms with E-state index in [0.29, 0.717) is 25.7 Å². The second-order valence-electron chi connectivity index (χ2n) is 27.0. The van der Waals surface area contributed by atoms with Crippen LogP contribution in [0, 0.1) is 0 Å². The summed E-state index contributed by atoms with van der Waals surface area (Å²) < 4.78 is 68.6. The molecule has 0 amide bonds. The van der Waals surface area contributed by atoms with Crippen LogP contribution in [0.4, 0.5) is 0 Å². The maximum Gasteiger partial charge on any atom is 0.472 e. The molecule has 17 nitrogen and oxygen atoms in total. The van der Waals surface area contributed by atoms with Crippen LogP contribution in [0.15, 0.2) is 122 Å². The van der Waals surface area contributed by atoms with Crippen molar-refractivity contribution in [2.75, 3.05) is 39.6 Å². The lowest BCUT2D eigenvalue weighted by atomic mass is 10.1. The molecule has 0 aliphatic rings. The van der Waals surface area contributed by atoms with Crippen LogP contribution in [-0.2, 0) is 65.4 Å². The average Bonchev–Trinajstić information content (AvgIpc) is 0.926. The first kappa shape index (κ1) is 99.5. The van der Waals surface area contributed by atoms with E-state index in [1.807, 2.05) is 0 Å². The zero-order valence-corrected chi connectivity index (χ0v) is 67.2. The lowest BCUT2D eigenvalue weighted by molar-refractivity contribution is -0.161. The van der Waals surface area contributed by atoms with Gasteiger partial charge in [-0.3, -0.25) is 37.3 Å². The molecule has 3 unspecified atom stereocenters. The lowest BCUT2D eigenvalue weighted by Gasteiger charge is -2.21. The molecule has 0 aromatic rings. The van der Waals surface area contributed by atoms with Crippen molar-refractivity contribution < 1.29 is 80.2 Å². The van der Waals surface area contributed by atoms with Gasteiger partial charge in [0, 0.05) is 25.7 Å². The Hall–Kier alpha value is -4.54. The van der Waals surface area contributed by atoms with Gasteiger partial charge in [0.2, 0.25) is 0 Å². The number of aliphatic hydroxyl groups excluding tert-OH is 1. The zero-order valence-electron chi connectivity index (χ0n) is 65.4. The number of hydrogen-bond acceptors (Lipinski definition) is 15. The Labute approximate surface area is 632 Å². The Morgan fingerprint density at radius 2 is 0.471 bits per heavy atom. The molecule has 104 heavy (non-hydrogen) atoms. The van der Waals surface area contributed by atoms with E-state index in [1.165, 1.54) is 77.0 Å². The van der Waals surface area contributed by atoms with Crippen molar-refractivity contribution in [3.8, 4) is 0 Å². The largest absolute Gasteiger partial charge is 0.472 e. The summed E-state index contributed by atoms with van der Waals surface area (Å²) in [5.74, 6) is -2.25. The van der Waals surface area contributed by atoms with E-state index >= 15 is 0 Å². The lowest BCUT2D eigenvalue weighted by Crippen LogP contribution is -2.30. The van der Waals surface area contributed by atoms with E-state index in [9.17, 15) is 43.2 Å². The Morgan fingerprint density at radius 3 is 0.721 bits per heavy atom. The first-order chi connectivity index (χ1) is 50.7. The Balaban J connectivity index is 5.44. The highest BCUT2D eigenvalue weighted by atomic mass is 31.2. The van der Waals surface area contributed by atoms with Crippen LogP contribution >= 0.6 is 15.6 Å². The van der Waals surface area contributed by atoms with Gasteiger partial charge in [-0.2, -0.15) is 0 Å². The van der Waals surface area contributed by atoms with E-state index in [1.54, 1.807) is 0 Å². The number of carbonyl (C=O) groups excluding carboxylic acids is 4. The summed E-state index contributed by atoms with van der Waals surface area (Å²) in [5, 5.41) is 10.6. The van der Waals surface area contributed by atoms with Gasteiger partial charge in [-0.1, -0.05) is 265 Å². The summed E-state index contributed by atoms with van der Waals surface area (Å²) in [7, 11) is -9.98. The van der Waals surface area contributed by atoms with Gasteiger partial charge in [0.05, 0.1) is 26.4 Å². The van der Waals surface area contributed by atoms with Gasteiger partial charge in [0.25, 0.3) is 0 Å². The first-order valence-electron chi connectivity index (χ1n) is 40.8. The van der Waals surface area contributed by atoms with E-state index in [2.05, 4.69) is 149 Å². The smallest absolute Gasteiger partial charge is 0.462 e. The molecule has 0 aliphatic heterocycles. The number of phosphoric ester groups is 2. The maximum absolute atomic E-state index is 13.1. The highest BCUT2D eigenvalue weighted by molar-refractivity contribution is 7.47. The van der Waals surface area contributed by atoms with Gasteiger partial charge >= 0.3 is 39.5 Å². The third-order valence-corrected chi connectivity index (χ3v) is 18.8. The summed E-state index contributed by atoms with van der Waals surface area (Å²) in [6.45, 7) is 4.71.